The van der Waals surface area contributed by atoms with Gasteiger partial charge in [-0.25, -0.2) is 4.39 Å². The van der Waals surface area contributed by atoms with Crippen molar-refractivity contribution < 1.29 is 14.4 Å². The van der Waals surface area contributed by atoms with Crippen molar-refractivity contribution in [3.8, 4) is 0 Å². The van der Waals surface area contributed by atoms with E-state index >= 15 is 0 Å². The quantitative estimate of drug-likeness (QED) is 0.665. The first-order valence-corrected chi connectivity index (χ1v) is 6.56. The molecule has 110 valence electrons. The molecule has 1 aliphatic rings. The van der Waals surface area contributed by atoms with Gasteiger partial charge in [-0.15, -0.1) is 0 Å². The van der Waals surface area contributed by atoms with Gasteiger partial charge in [0.15, 0.2) is 0 Å². The van der Waals surface area contributed by atoms with Crippen molar-refractivity contribution in [2.75, 3.05) is 37.7 Å². The first kappa shape index (κ1) is 14.7. The molecule has 0 amide bonds. The molecule has 0 spiro atoms. The molecular formula is C13H18FN3O3. The first-order valence-electron chi connectivity index (χ1n) is 6.56. The smallest absolute Gasteiger partial charge is 0.295 e. The Balaban J connectivity index is 2.13. The highest BCUT2D eigenvalue weighted by Crippen LogP contribution is 2.29. The van der Waals surface area contributed by atoms with E-state index in [1.54, 1.807) is 0 Å². The molecule has 0 aromatic heterocycles. The lowest BCUT2D eigenvalue weighted by atomic mass is 10.2. The molecule has 7 heteroatoms. The lowest BCUT2D eigenvalue weighted by molar-refractivity contribution is -0.384. The van der Waals surface area contributed by atoms with Crippen LogP contribution >= 0.6 is 0 Å². The van der Waals surface area contributed by atoms with Gasteiger partial charge in [0.05, 0.1) is 17.6 Å². The minimum Gasteiger partial charge on any atom is -0.395 e. The van der Waals surface area contributed by atoms with E-state index in [4.69, 9.17) is 5.11 Å². The van der Waals surface area contributed by atoms with Crippen LogP contribution in [-0.2, 0) is 0 Å². The van der Waals surface area contributed by atoms with E-state index in [9.17, 15) is 14.5 Å². The zero-order valence-corrected chi connectivity index (χ0v) is 11.3. The predicted molar refractivity (Wildman–Crippen MR) is 73.4 cm³/mol. The average Bonchev–Trinajstić information content (AvgIpc) is 2.46. The molecule has 0 aliphatic carbocycles. The molecule has 1 fully saturated rings. The van der Waals surface area contributed by atoms with Gasteiger partial charge in [0.25, 0.3) is 5.69 Å². The molecule has 1 atom stereocenters. The van der Waals surface area contributed by atoms with E-state index in [0.717, 1.165) is 19.2 Å². The second-order valence-electron chi connectivity index (χ2n) is 4.94. The number of piperazine rings is 1. The van der Waals surface area contributed by atoms with E-state index in [0.29, 0.717) is 18.8 Å². The van der Waals surface area contributed by atoms with Crippen LogP contribution in [0.5, 0.6) is 0 Å². The molecule has 2 rings (SSSR count). The summed E-state index contributed by atoms with van der Waals surface area (Å²) < 4.78 is 13.1. The molecule has 20 heavy (non-hydrogen) atoms. The number of nitro benzene ring substituents is 1. The Kier molecular flexibility index (Phi) is 4.51. The topological polar surface area (TPSA) is 69.8 Å². The summed E-state index contributed by atoms with van der Waals surface area (Å²) in [4.78, 5) is 14.5. The highest BCUT2D eigenvalue weighted by atomic mass is 19.1. The molecule has 0 radical (unpaired) electrons. The van der Waals surface area contributed by atoms with Crippen LogP contribution in [0, 0.1) is 15.9 Å². The summed E-state index contributed by atoms with van der Waals surface area (Å²) >= 11 is 0. The summed E-state index contributed by atoms with van der Waals surface area (Å²) in [6.07, 6.45) is 0. The summed E-state index contributed by atoms with van der Waals surface area (Å²) in [6, 6.07) is 3.74. The Morgan fingerprint density at radius 1 is 1.40 bits per heavy atom. The number of aliphatic hydroxyl groups is 1. The number of nitrogens with zero attached hydrogens (tertiary/aromatic N) is 3. The maximum absolute atomic E-state index is 13.1. The van der Waals surface area contributed by atoms with Gasteiger partial charge in [-0.05, 0) is 19.1 Å². The molecule has 0 saturated carbocycles. The number of aliphatic hydroxyl groups excluding tert-OH is 1. The third-order valence-electron chi connectivity index (χ3n) is 3.68. The van der Waals surface area contributed by atoms with Crippen LogP contribution in [0.1, 0.15) is 6.92 Å². The van der Waals surface area contributed by atoms with Gasteiger partial charge in [0, 0.05) is 32.2 Å². The third-order valence-corrected chi connectivity index (χ3v) is 3.68. The van der Waals surface area contributed by atoms with Crippen molar-refractivity contribution in [1.29, 1.82) is 0 Å². The number of halogens is 1. The molecular weight excluding hydrogens is 265 g/mol. The van der Waals surface area contributed by atoms with E-state index in [2.05, 4.69) is 4.90 Å². The lowest BCUT2D eigenvalue weighted by Crippen LogP contribution is -2.50. The molecule has 1 heterocycles. The summed E-state index contributed by atoms with van der Waals surface area (Å²) in [7, 11) is 0. The van der Waals surface area contributed by atoms with E-state index in [1.807, 2.05) is 11.8 Å². The highest BCUT2D eigenvalue weighted by Gasteiger charge is 2.25. The van der Waals surface area contributed by atoms with Crippen LogP contribution in [0.15, 0.2) is 18.2 Å². The van der Waals surface area contributed by atoms with Crippen LogP contribution in [-0.4, -0.2) is 53.8 Å². The molecule has 0 unspecified atom stereocenters. The summed E-state index contributed by atoms with van der Waals surface area (Å²) in [5.74, 6) is -0.604. The number of anilines is 1. The monoisotopic (exact) mass is 283 g/mol. The highest BCUT2D eigenvalue weighted by molar-refractivity contribution is 5.63. The molecule has 1 aromatic carbocycles. The second-order valence-corrected chi connectivity index (χ2v) is 4.94. The van der Waals surface area contributed by atoms with Crippen LogP contribution in [0.2, 0.25) is 0 Å². The fourth-order valence-corrected chi connectivity index (χ4v) is 2.43. The Morgan fingerprint density at radius 3 is 2.60 bits per heavy atom. The third kappa shape index (κ3) is 3.05. The molecule has 1 aromatic rings. The Bertz CT molecular complexity index is 490. The van der Waals surface area contributed by atoms with Crippen molar-refractivity contribution in [2.45, 2.75) is 13.0 Å². The van der Waals surface area contributed by atoms with Gasteiger partial charge >= 0.3 is 0 Å². The number of benzene rings is 1. The molecule has 0 bridgehead atoms. The Morgan fingerprint density at radius 2 is 2.05 bits per heavy atom. The van der Waals surface area contributed by atoms with Crippen LogP contribution in [0.4, 0.5) is 15.8 Å². The fourth-order valence-electron chi connectivity index (χ4n) is 2.43. The van der Waals surface area contributed by atoms with Gasteiger partial charge in [0.1, 0.15) is 11.5 Å². The van der Waals surface area contributed by atoms with Gasteiger partial charge in [0.2, 0.25) is 0 Å². The van der Waals surface area contributed by atoms with Crippen LogP contribution in [0.3, 0.4) is 0 Å². The normalized spacial score (nSPS) is 18.1. The van der Waals surface area contributed by atoms with Gasteiger partial charge in [-0.1, -0.05) is 0 Å². The van der Waals surface area contributed by atoms with E-state index in [1.165, 1.54) is 12.1 Å². The van der Waals surface area contributed by atoms with E-state index < -0.39 is 10.7 Å². The van der Waals surface area contributed by atoms with E-state index in [-0.39, 0.29) is 18.3 Å². The lowest BCUT2D eigenvalue weighted by Gasteiger charge is -2.38. The fraction of sp³-hybridized carbons (Fsp3) is 0.538. The molecule has 1 aliphatic heterocycles. The maximum Gasteiger partial charge on any atom is 0.295 e. The van der Waals surface area contributed by atoms with Crippen LogP contribution in [0.25, 0.3) is 0 Å². The largest absolute Gasteiger partial charge is 0.395 e. The number of rotatable bonds is 4. The average molecular weight is 283 g/mol. The van der Waals surface area contributed by atoms with Crippen molar-refractivity contribution in [3.63, 3.8) is 0 Å². The number of hydrogen-bond donors (Lipinski definition) is 1. The zero-order valence-electron chi connectivity index (χ0n) is 11.3. The summed E-state index contributed by atoms with van der Waals surface area (Å²) in [6.45, 7) is 4.72. The number of hydrogen-bond acceptors (Lipinski definition) is 5. The number of nitro groups is 1. The molecule has 1 saturated heterocycles. The summed E-state index contributed by atoms with van der Waals surface area (Å²) in [5.41, 5.74) is 0.251. The van der Waals surface area contributed by atoms with Crippen molar-refractivity contribution in [2.24, 2.45) is 0 Å². The van der Waals surface area contributed by atoms with Crippen molar-refractivity contribution >= 4 is 11.4 Å². The minimum absolute atomic E-state index is 0.0837. The minimum atomic E-state index is -0.604. The molecule has 6 nitrogen and oxygen atoms in total. The Labute approximate surface area is 116 Å². The predicted octanol–water partition coefficient (Wildman–Crippen LogP) is 1.24. The summed E-state index contributed by atoms with van der Waals surface area (Å²) in [5, 5.41) is 20.1. The maximum atomic E-state index is 13.1. The SMILES string of the molecule is C[C@@H](CO)N1CCN(c2ccc(F)cc2[N+](=O)[O-])CC1. The zero-order chi connectivity index (χ0) is 14.7. The van der Waals surface area contributed by atoms with Crippen molar-refractivity contribution in [1.82, 2.24) is 4.90 Å². The van der Waals surface area contributed by atoms with Crippen molar-refractivity contribution in [3.05, 3.63) is 34.1 Å². The first-order chi connectivity index (χ1) is 9.52. The Hall–Kier alpha value is -1.73. The van der Waals surface area contributed by atoms with Gasteiger partial charge < -0.3 is 10.0 Å². The standard InChI is InChI=1S/C13H18FN3O3/c1-10(9-18)15-4-6-16(7-5-15)12-3-2-11(14)8-13(12)17(19)20/h2-3,8,10,18H,4-7,9H2,1H3/t10-/m0/s1. The second kappa shape index (κ2) is 6.15. The van der Waals surface area contributed by atoms with Gasteiger partial charge in [-0.3, -0.25) is 15.0 Å². The van der Waals surface area contributed by atoms with Crippen LogP contribution < -0.4 is 4.90 Å². The van der Waals surface area contributed by atoms with Gasteiger partial charge in [-0.2, -0.15) is 0 Å². The molecule has 1 N–H and O–H groups in total.